The maximum absolute atomic E-state index is 12.7. The van der Waals surface area contributed by atoms with Gasteiger partial charge in [0.05, 0.1) is 33.5 Å². The zero-order valence-electron chi connectivity index (χ0n) is 20.1. The molecule has 34 heavy (non-hydrogen) atoms. The molecule has 1 aliphatic heterocycles. The van der Waals surface area contributed by atoms with Crippen molar-refractivity contribution in [3.63, 3.8) is 0 Å². The molecule has 10 heteroatoms. The Bertz CT molecular complexity index is 1030. The molecule has 1 amide bonds. The standard InChI is InChI=1S/C24H30N2O6S.ClH/c1-6-26-11-10-16-19(14-26)33-23(21(16)24(28)32-7-2)25-20(27)9-8-15-12-17(29-3)22(31-5)18(13-15)30-4;/h8-9,12-13H,6-7,10-11,14H2,1-5H3,(H,25,27);1H/b9-8+;. The van der Waals surface area contributed by atoms with Crippen LogP contribution < -0.4 is 19.5 Å². The number of ether oxygens (including phenoxy) is 4. The predicted octanol–water partition coefficient (Wildman–Crippen LogP) is 4.40. The monoisotopic (exact) mass is 510 g/mol. The first-order chi connectivity index (χ1) is 15.9. The highest BCUT2D eigenvalue weighted by Gasteiger charge is 2.29. The number of carbonyl (C=O) groups excluding carboxylic acids is 2. The van der Waals surface area contributed by atoms with Gasteiger partial charge >= 0.3 is 5.97 Å². The van der Waals surface area contributed by atoms with E-state index in [9.17, 15) is 9.59 Å². The molecule has 0 saturated carbocycles. The minimum absolute atomic E-state index is 0. The minimum Gasteiger partial charge on any atom is -0.493 e. The number of rotatable bonds is 9. The van der Waals surface area contributed by atoms with Crippen LogP contribution in [0.15, 0.2) is 18.2 Å². The van der Waals surface area contributed by atoms with Gasteiger partial charge in [-0.15, -0.1) is 23.7 Å². The average molecular weight is 511 g/mol. The third kappa shape index (κ3) is 6.02. The van der Waals surface area contributed by atoms with Crippen LogP contribution in [-0.4, -0.2) is 57.8 Å². The lowest BCUT2D eigenvalue weighted by Crippen LogP contribution is -2.30. The number of carbonyl (C=O) groups is 2. The van der Waals surface area contributed by atoms with Crippen LogP contribution in [0.4, 0.5) is 5.00 Å². The lowest BCUT2D eigenvalue weighted by Gasteiger charge is -2.25. The Morgan fingerprint density at radius 2 is 1.79 bits per heavy atom. The molecule has 0 unspecified atom stereocenters. The fourth-order valence-corrected chi connectivity index (χ4v) is 5.04. The Morgan fingerprint density at radius 1 is 1.12 bits per heavy atom. The number of nitrogens with one attached hydrogen (secondary N) is 1. The van der Waals surface area contributed by atoms with Gasteiger partial charge in [-0.2, -0.15) is 0 Å². The maximum Gasteiger partial charge on any atom is 0.341 e. The minimum atomic E-state index is -0.399. The van der Waals surface area contributed by atoms with Crippen molar-refractivity contribution in [1.82, 2.24) is 4.90 Å². The van der Waals surface area contributed by atoms with Crippen molar-refractivity contribution in [2.45, 2.75) is 26.8 Å². The van der Waals surface area contributed by atoms with Crippen molar-refractivity contribution in [3.8, 4) is 17.2 Å². The predicted molar refractivity (Wildman–Crippen MR) is 136 cm³/mol. The highest BCUT2D eigenvalue weighted by molar-refractivity contribution is 7.17. The number of halogens is 1. The van der Waals surface area contributed by atoms with Crippen molar-refractivity contribution in [1.29, 1.82) is 0 Å². The Balaban J connectivity index is 0.00000408. The molecule has 2 aromatic rings. The molecule has 1 aromatic heterocycles. The summed E-state index contributed by atoms with van der Waals surface area (Å²) in [4.78, 5) is 28.8. The van der Waals surface area contributed by atoms with Gasteiger partial charge in [0, 0.05) is 24.0 Å². The molecule has 0 bridgehead atoms. The van der Waals surface area contributed by atoms with Gasteiger partial charge in [-0.1, -0.05) is 6.92 Å². The van der Waals surface area contributed by atoms with Gasteiger partial charge in [0.1, 0.15) is 5.00 Å². The third-order valence-electron chi connectivity index (χ3n) is 5.41. The molecule has 0 spiro atoms. The largest absolute Gasteiger partial charge is 0.493 e. The summed E-state index contributed by atoms with van der Waals surface area (Å²) in [6, 6.07) is 3.50. The van der Waals surface area contributed by atoms with E-state index in [-0.39, 0.29) is 24.9 Å². The fraction of sp³-hybridized carbons (Fsp3) is 0.417. The Morgan fingerprint density at radius 3 is 2.35 bits per heavy atom. The van der Waals surface area contributed by atoms with E-state index in [0.717, 1.165) is 36.5 Å². The van der Waals surface area contributed by atoms with Crippen LogP contribution in [-0.2, 0) is 22.5 Å². The van der Waals surface area contributed by atoms with E-state index < -0.39 is 5.97 Å². The van der Waals surface area contributed by atoms with E-state index in [1.807, 2.05) is 0 Å². The third-order valence-corrected chi connectivity index (χ3v) is 6.55. The summed E-state index contributed by atoms with van der Waals surface area (Å²) >= 11 is 1.44. The number of amides is 1. The first-order valence-electron chi connectivity index (χ1n) is 10.8. The molecule has 3 rings (SSSR count). The molecule has 0 atom stereocenters. The Labute approximate surface area is 210 Å². The molecular weight excluding hydrogens is 480 g/mol. The van der Waals surface area contributed by atoms with Crippen molar-refractivity contribution in [3.05, 3.63) is 39.8 Å². The van der Waals surface area contributed by atoms with Crippen LogP contribution in [0.5, 0.6) is 17.2 Å². The summed E-state index contributed by atoms with van der Waals surface area (Å²) < 4.78 is 21.3. The normalized spacial score (nSPS) is 13.1. The first kappa shape index (κ1) is 27.5. The van der Waals surface area contributed by atoms with E-state index >= 15 is 0 Å². The molecular formula is C24H31ClN2O6S. The smallest absolute Gasteiger partial charge is 0.341 e. The summed E-state index contributed by atoms with van der Waals surface area (Å²) in [7, 11) is 4.60. The number of methoxy groups -OCH3 is 3. The molecule has 0 saturated heterocycles. The van der Waals surface area contributed by atoms with Crippen LogP contribution in [0.2, 0.25) is 0 Å². The summed E-state index contributed by atoms with van der Waals surface area (Å²) in [5.74, 6) is 0.718. The number of esters is 1. The second-order valence-electron chi connectivity index (χ2n) is 7.33. The number of hydrogen-bond acceptors (Lipinski definition) is 8. The lowest BCUT2D eigenvalue weighted by atomic mass is 10.0. The zero-order chi connectivity index (χ0) is 24.0. The van der Waals surface area contributed by atoms with Gasteiger partial charge < -0.3 is 24.3 Å². The molecule has 0 radical (unpaired) electrons. The number of likely N-dealkylation sites (N-methyl/N-ethyl adjacent to an activating group) is 1. The number of benzene rings is 1. The van der Waals surface area contributed by atoms with Crippen molar-refractivity contribution < 1.29 is 28.5 Å². The second-order valence-corrected chi connectivity index (χ2v) is 8.43. The lowest BCUT2D eigenvalue weighted by molar-refractivity contribution is -0.111. The number of nitrogens with zero attached hydrogens (tertiary/aromatic N) is 1. The molecule has 1 aromatic carbocycles. The summed E-state index contributed by atoms with van der Waals surface area (Å²) in [5.41, 5.74) is 2.16. The zero-order valence-corrected chi connectivity index (χ0v) is 21.7. The number of fused-ring (bicyclic) bond motifs is 1. The van der Waals surface area contributed by atoms with Gasteiger partial charge in [-0.25, -0.2) is 4.79 Å². The van der Waals surface area contributed by atoms with Gasteiger partial charge in [0.25, 0.3) is 0 Å². The highest BCUT2D eigenvalue weighted by Crippen LogP contribution is 2.39. The van der Waals surface area contributed by atoms with Gasteiger partial charge in [-0.3, -0.25) is 9.69 Å². The first-order valence-corrected chi connectivity index (χ1v) is 11.6. The van der Waals surface area contributed by atoms with Crippen molar-refractivity contribution in [2.75, 3.05) is 46.3 Å². The summed E-state index contributed by atoms with van der Waals surface area (Å²) in [6.45, 7) is 6.74. The van der Waals surface area contributed by atoms with E-state index in [1.165, 1.54) is 38.7 Å². The quantitative estimate of drug-likeness (QED) is 0.395. The van der Waals surface area contributed by atoms with E-state index in [1.54, 1.807) is 25.1 Å². The molecule has 8 nitrogen and oxygen atoms in total. The van der Waals surface area contributed by atoms with Crippen LogP contribution in [0.25, 0.3) is 6.08 Å². The van der Waals surface area contributed by atoms with E-state index in [4.69, 9.17) is 18.9 Å². The van der Waals surface area contributed by atoms with Gasteiger partial charge in [0.15, 0.2) is 11.5 Å². The van der Waals surface area contributed by atoms with Gasteiger partial charge in [0.2, 0.25) is 11.7 Å². The topological polar surface area (TPSA) is 86.3 Å². The van der Waals surface area contributed by atoms with Crippen molar-refractivity contribution in [2.24, 2.45) is 0 Å². The SMILES string of the molecule is CCOC(=O)c1c(NC(=O)/C=C/c2cc(OC)c(OC)c(OC)c2)sc2c1CCN(CC)C2.Cl. The van der Waals surface area contributed by atoms with Crippen LogP contribution in [0.1, 0.15) is 40.2 Å². The van der Waals surface area contributed by atoms with E-state index in [2.05, 4.69) is 17.1 Å². The van der Waals surface area contributed by atoms with Crippen LogP contribution in [0.3, 0.4) is 0 Å². The Hall–Kier alpha value is -2.75. The molecule has 2 heterocycles. The molecule has 186 valence electrons. The average Bonchev–Trinajstić information content (AvgIpc) is 3.18. The van der Waals surface area contributed by atoms with E-state index in [0.29, 0.717) is 33.4 Å². The summed E-state index contributed by atoms with van der Waals surface area (Å²) in [5, 5.41) is 3.40. The molecule has 0 fully saturated rings. The Kier molecular flexibility index (Phi) is 10.2. The number of thiophene rings is 1. The van der Waals surface area contributed by atoms with Gasteiger partial charge in [-0.05, 0) is 49.2 Å². The maximum atomic E-state index is 12.7. The molecule has 0 aliphatic carbocycles. The number of hydrogen-bond donors (Lipinski definition) is 1. The molecule has 1 aliphatic rings. The second kappa shape index (κ2) is 12.6. The number of anilines is 1. The summed E-state index contributed by atoms with van der Waals surface area (Å²) in [6.07, 6.45) is 3.81. The van der Waals surface area contributed by atoms with Crippen molar-refractivity contribution >= 4 is 46.7 Å². The molecule has 1 N–H and O–H groups in total. The van der Waals surface area contributed by atoms with Crippen LogP contribution in [0, 0.1) is 0 Å². The fourth-order valence-electron chi connectivity index (χ4n) is 3.76. The van der Waals surface area contributed by atoms with Crippen LogP contribution >= 0.6 is 23.7 Å². The highest BCUT2D eigenvalue weighted by atomic mass is 35.5.